The highest BCUT2D eigenvalue weighted by molar-refractivity contribution is 7.47. The molecular formula is C40H60N7O8P. The number of nitriles is 2. The molecule has 15 nitrogen and oxygen atoms in total. The Labute approximate surface area is 331 Å². The molecule has 0 spiro atoms. The average molecular weight is 798 g/mol. The number of phosphoric ester groups is 1. The molecule has 0 saturated carbocycles. The van der Waals surface area contributed by atoms with E-state index in [2.05, 4.69) is 22.0 Å². The number of hydrogen-bond acceptors (Lipinski definition) is 13. The summed E-state index contributed by atoms with van der Waals surface area (Å²) < 4.78 is 42.9. The second-order valence-electron chi connectivity index (χ2n) is 14.6. The van der Waals surface area contributed by atoms with Gasteiger partial charge >= 0.3 is 7.82 Å². The van der Waals surface area contributed by atoms with Gasteiger partial charge in [0.1, 0.15) is 48.9 Å². The van der Waals surface area contributed by atoms with Crippen LogP contribution in [0.1, 0.15) is 139 Å². The van der Waals surface area contributed by atoms with Crippen molar-refractivity contribution in [2.45, 2.75) is 147 Å². The van der Waals surface area contributed by atoms with Gasteiger partial charge in [0.05, 0.1) is 31.1 Å². The van der Waals surface area contributed by atoms with Crippen LogP contribution in [0.2, 0.25) is 0 Å². The number of rotatable bonds is 29. The lowest BCUT2D eigenvalue weighted by Gasteiger charge is -2.26. The average Bonchev–Trinajstić information content (AvgIpc) is 3.79. The fourth-order valence-corrected chi connectivity index (χ4v) is 7.56. The lowest BCUT2D eigenvalue weighted by atomic mass is 9.99. The molecule has 4 N–H and O–H groups in total. The lowest BCUT2D eigenvalue weighted by molar-refractivity contribution is -0.0790. The Bertz CT molecular complexity index is 1730. The molecule has 0 aromatic carbocycles. The van der Waals surface area contributed by atoms with Gasteiger partial charge in [0.25, 0.3) is 0 Å². The van der Waals surface area contributed by atoms with Crippen LogP contribution in [-0.4, -0.2) is 73.8 Å². The largest absolute Gasteiger partial charge is 0.472 e. The van der Waals surface area contributed by atoms with Crippen molar-refractivity contribution in [2.24, 2.45) is 0 Å². The Morgan fingerprint density at radius 2 is 1.64 bits per heavy atom. The number of fused-ring (bicyclic) bond motifs is 1. The summed E-state index contributed by atoms with van der Waals surface area (Å²) in [7, 11) is -4.77. The van der Waals surface area contributed by atoms with E-state index in [1.807, 2.05) is 12.1 Å². The highest BCUT2D eigenvalue weighted by Crippen LogP contribution is 2.47. The van der Waals surface area contributed by atoms with Gasteiger partial charge in [-0.15, -0.1) is 0 Å². The van der Waals surface area contributed by atoms with Gasteiger partial charge < -0.3 is 29.9 Å². The minimum atomic E-state index is -4.77. The first-order valence-corrected chi connectivity index (χ1v) is 21.7. The maximum Gasteiger partial charge on any atom is 0.472 e. The number of nitrogens with zero attached hydrogens (tertiary/aromatic N) is 6. The highest BCUT2D eigenvalue weighted by Gasteiger charge is 2.51. The van der Waals surface area contributed by atoms with Gasteiger partial charge in [0, 0.05) is 25.4 Å². The van der Waals surface area contributed by atoms with E-state index >= 15 is 0 Å². The van der Waals surface area contributed by atoms with Crippen molar-refractivity contribution in [2.75, 3.05) is 32.2 Å². The molecule has 308 valence electrons. The number of nitrogen functional groups attached to an aromatic ring is 1. The normalized spacial score (nSPS) is 19.8. The predicted molar refractivity (Wildman–Crippen MR) is 210 cm³/mol. The number of aromatic nitrogens is 4. The smallest absolute Gasteiger partial charge is 0.389 e. The maximum atomic E-state index is 13.0. The van der Waals surface area contributed by atoms with Crippen LogP contribution in [0, 0.1) is 22.7 Å². The number of anilines is 1. The first kappa shape index (κ1) is 45.2. The number of phosphoric acid groups is 1. The number of nitrogens with two attached hydrogens (primary N) is 1. The Morgan fingerprint density at radius 3 is 2.29 bits per heavy atom. The number of hydrogen-bond donors (Lipinski definition) is 3. The quantitative estimate of drug-likeness (QED) is 0.0454. The van der Waals surface area contributed by atoms with Gasteiger partial charge in [-0.05, 0) is 30.2 Å². The van der Waals surface area contributed by atoms with E-state index in [9.17, 15) is 25.1 Å². The van der Waals surface area contributed by atoms with Crippen LogP contribution in [0.4, 0.5) is 5.82 Å². The first-order chi connectivity index (χ1) is 27.2. The second-order valence-corrected chi connectivity index (χ2v) is 16.1. The number of ether oxygens (including phenoxy) is 3. The predicted octanol–water partition coefficient (Wildman–Crippen LogP) is 7.66. The zero-order valence-electron chi connectivity index (χ0n) is 32.8. The van der Waals surface area contributed by atoms with E-state index in [4.69, 9.17) is 29.0 Å². The molecule has 1 fully saturated rings. The van der Waals surface area contributed by atoms with E-state index in [0.717, 1.165) is 19.3 Å². The molecule has 4 rings (SSSR count). The zero-order valence-corrected chi connectivity index (χ0v) is 33.7. The van der Waals surface area contributed by atoms with Gasteiger partial charge in [-0.1, -0.05) is 103 Å². The topological polar surface area (TPSA) is 220 Å². The highest BCUT2D eigenvalue weighted by atomic mass is 31.2. The van der Waals surface area contributed by atoms with E-state index in [1.54, 1.807) is 24.4 Å². The summed E-state index contributed by atoms with van der Waals surface area (Å²) in [4.78, 5) is 18.6. The number of pyridine rings is 1. The SMILES string of the molecule is CCCCCCCCCCCCCCCCCCOC[C@H](COP(=O)(O)OC[C@@]1(C#N)O[C@@H](c2ccc3c(N)ncnn23)C[C@@H]1O)OCc1cncc(C#N)c1. The van der Waals surface area contributed by atoms with Gasteiger partial charge in [-0.25, -0.2) is 14.1 Å². The Hall–Kier alpha value is -3.50. The molecule has 1 unspecified atom stereocenters. The molecule has 0 bridgehead atoms. The number of aliphatic hydroxyl groups excluding tert-OH is 1. The van der Waals surface area contributed by atoms with E-state index in [1.165, 1.54) is 101 Å². The second kappa shape index (κ2) is 24.3. The maximum absolute atomic E-state index is 13.0. The molecular weight excluding hydrogens is 737 g/mol. The molecule has 1 aliphatic heterocycles. The third-order valence-electron chi connectivity index (χ3n) is 10.1. The van der Waals surface area contributed by atoms with Gasteiger partial charge in [-0.2, -0.15) is 15.6 Å². The van der Waals surface area contributed by atoms with Crippen LogP contribution in [0.25, 0.3) is 5.52 Å². The zero-order chi connectivity index (χ0) is 40.1. The summed E-state index contributed by atoms with van der Waals surface area (Å²) in [6, 6.07) is 8.99. The van der Waals surface area contributed by atoms with E-state index < -0.39 is 38.3 Å². The fraction of sp³-hybridized carbons (Fsp3) is 0.675. The van der Waals surface area contributed by atoms with Crippen molar-refractivity contribution in [1.29, 1.82) is 10.5 Å². The Kier molecular flexibility index (Phi) is 19.6. The molecule has 1 saturated heterocycles. The first-order valence-electron chi connectivity index (χ1n) is 20.2. The van der Waals surface area contributed by atoms with Crippen molar-refractivity contribution in [3.63, 3.8) is 0 Å². The molecule has 0 radical (unpaired) electrons. The molecule has 3 aromatic rings. The van der Waals surface area contributed by atoms with Gasteiger partial charge in [-0.3, -0.25) is 14.0 Å². The summed E-state index contributed by atoms with van der Waals surface area (Å²) in [6.07, 6.45) is 21.8. The molecule has 1 aliphatic rings. The number of unbranched alkanes of at least 4 members (excludes halogenated alkanes) is 15. The Balaban J connectivity index is 1.17. The van der Waals surface area contributed by atoms with Crippen LogP contribution in [-0.2, 0) is 34.4 Å². The van der Waals surface area contributed by atoms with E-state index in [-0.39, 0.29) is 32.1 Å². The van der Waals surface area contributed by atoms with Crippen molar-refractivity contribution < 1.29 is 37.8 Å². The summed E-state index contributed by atoms with van der Waals surface area (Å²) in [6.45, 7) is 1.77. The van der Waals surface area contributed by atoms with Crippen LogP contribution in [0.5, 0.6) is 0 Å². The molecule has 0 amide bonds. The van der Waals surface area contributed by atoms with Gasteiger partial charge in [0.15, 0.2) is 5.82 Å². The van der Waals surface area contributed by atoms with Crippen molar-refractivity contribution >= 4 is 19.2 Å². The molecule has 0 aliphatic carbocycles. The van der Waals surface area contributed by atoms with Crippen LogP contribution < -0.4 is 5.73 Å². The summed E-state index contributed by atoms with van der Waals surface area (Å²) >= 11 is 0. The monoisotopic (exact) mass is 797 g/mol. The molecule has 56 heavy (non-hydrogen) atoms. The summed E-state index contributed by atoms with van der Waals surface area (Å²) in [5.41, 5.74) is 6.03. The Morgan fingerprint density at radius 1 is 0.982 bits per heavy atom. The standard InChI is InChI=1S/C40H60N7O8P/c1-2-3-4-5-6-7-8-9-10-11-12-13-14-15-16-17-20-51-27-34(52-26-33-21-32(23-41)24-44-25-33)28-53-56(49,50)54-30-40(29-42)38(48)22-37(55-40)35-18-19-36-39(43)45-31-46-47(35)36/h18-19,21,24-25,31,34,37-38,48H,2-17,20,22,26-28,30H2,1H3,(H,49,50)(H2,43,45,46)/t34-,37-,38+,40-/m1/s1. The lowest BCUT2D eigenvalue weighted by Crippen LogP contribution is -2.42. The number of aliphatic hydroxyl groups is 1. The van der Waals surface area contributed by atoms with Crippen LogP contribution >= 0.6 is 7.82 Å². The summed E-state index contributed by atoms with van der Waals surface area (Å²) in [5, 5.41) is 34.3. The summed E-state index contributed by atoms with van der Waals surface area (Å²) in [5.74, 6) is 0.248. The van der Waals surface area contributed by atoms with Crippen molar-refractivity contribution in [3.05, 3.63) is 53.7 Å². The van der Waals surface area contributed by atoms with E-state index in [0.29, 0.717) is 28.9 Å². The molecule has 16 heteroatoms. The van der Waals surface area contributed by atoms with Crippen LogP contribution in [0.3, 0.4) is 0 Å². The molecule has 3 aromatic heterocycles. The van der Waals surface area contributed by atoms with Gasteiger partial charge in [0.2, 0.25) is 5.60 Å². The van der Waals surface area contributed by atoms with Crippen molar-refractivity contribution in [1.82, 2.24) is 19.6 Å². The minimum Gasteiger partial charge on any atom is -0.389 e. The van der Waals surface area contributed by atoms with Crippen molar-refractivity contribution in [3.8, 4) is 12.1 Å². The molecule has 4 heterocycles. The van der Waals surface area contributed by atoms with Crippen LogP contribution in [0.15, 0.2) is 36.9 Å². The third-order valence-corrected chi connectivity index (χ3v) is 11.0. The molecule has 5 atom stereocenters. The fourth-order valence-electron chi connectivity index (χ4n) is 6.78. The minimum absolute atomic E-state index is 0.00194. The third kappa shape index (κ3) is 14.8.